The SMILES string of the molecule is CCCN1CC(n2cnc3sc4c(c3c2=O)CCNC4)CC1=O.Cl. The van der Waals surface area contributed by atoms with Gasteiger partial charge in [0, 0.05) is 30.9 Å². The van der Waals surface area contributed by atoms with Crippen LogP contribution >= 0.6 is 23.7 Å². The van der Waals surface area contributed by atoms with Gasteiger partial charge in [-0.2, -0.15) is 0 Å². The smallest absolute Gasteiger partial charge is 0.262 e. The zero-order valence-corrected chi connectivity index (χ0v) is 15.2. The number of hydrogen-bond acceptors (Lipinski definition) is 5. The van der Waals surface area contributed by atoms with Crippen LogP contribution < -0.4 is 10.9 Å². The van der Waals surface area contributed by atoms with Crippen LogP contribution in [-0.2, 0) is 17.8 Å². The van der Waals surface area contributed by atoms with Crippen LogP contribution in [0.4, 0.5) is 0 Å². The molecule has 130 valence electrons. The van der Waals surface area contributed by atoms with Crippen LogP contribution in [0.15, 0.2) is 11.1 Å². The number of nitrogens with one attached hydrogen (secondary N) is 1. The molecule has 2 aromatic rings. The molecule has 0 saturated carbocycles. The van der Waals surface area contributed by atoms with Gasteiger partial charge in [-0.3, -0.25) is 14.2 Å². The van der Waals surface area contributed by atoms with Crippen molar-refractivity contribution in [2.24, 2.45) is 0 Å². The van der Waals surface area contributed by atoms with Gasteiger partial charge in [0.15, 0.2) is 0 Å². The normalized spacial score (nSPS) is 20.3. The van der Waals surface area contributed by atoms with E-state index >= 15 is 0 Å². The Morgan fingerprint density at radius 1 is 1.42 bits per heavy atom. The highest BCUT2D eigenvalue weighted by Crippen LogP contribution is 2.30. The molecule has 2 aliphatic rings. The third-order valence-electron chi connectivity index (χ3n) is 4.74. The standard InChI is InChI=1S/C16H20N4O2S.ClH/c1-2-5-19-8-10(6-13(19)21)20-9-18-15-14(16(20)22)11-3-4-17-7-12(11)23-15;/h9-10,17H,2-8H2,1H3;1H. The van der Waals surface area contributed by atoms with Crippen LogP contribution in [0.25, 0.3) is 10.2 Å². The van der Waals surface area contributed by atoms with Gasteiger partial charge in [0.05, 0.1) is 17.8 Å². The fourth-order valence-electron chi connectivity index (χ4n) is 3.61. The Morgan fingerprint density at radius 2 is 2.25 bits per heavy atom. The first-order valence-electron chi connectivity index (χ1n) is 8.19. The summed E-state index contributed by atoms with van der Waals surface area (Å²) in [5.74, 6) is 0.139. The Balaban J connectivity index is 0.00000169. The molecule has 0 radical (unpaired) electrons. The Bertz CT molecular complexity index is 831. The maximum absolute atomic E-state index is 13.0. The zero-order chi connectivity index (χ0) is 16.0. The minimum atomic E-state index is -0.0873. The number of rotatable bonds is 3. The van der Waals surface area contributed by atoms with Gasteiger partial charge in [-0.1, -0.05) is 6.92 Å². The van der Waals surface area contributed by atoms with Gasteiger partial charge in [0.2, 0.25) is 5.91 Å². The molecule has 4 heterocycles. The van der Waals surface area contributed by atoms with Crippen LogP contribution in [0.2, 0.25) is 0 Å². The highest BCUT2D eigenvalue weighted by Gasteiger charge is 2.31. The molecule has 0 aromatic carbocycles. The zero-order valence-electron chi connectivity index (χ0n) is 13.6. The number of likely N-dealkylation sites (tertiary alicyclic amines) is 1. The van der Waals surface area contributed by atoms with Crippen molar-refractivity contribution in [3.63, 3.8) is 0 Å². The minimum Gasteiger partial charge on any atom is -0.341 e. The predicted octanol–water partition coefficient (Wildman–Crippen LogP) is 1.71. The van der Waals surface area contributed by atoms with E-state index in [0.717, 1.165) is 48.3 Å². The van der Waals surface area contributed by atoms with Crippen LogP contribution in [-0.4, -0.2) is 40.0 Å². The summed E-state index contributed by atoms with van der Waals surface area (Å²) in [6, 6.07) is -0.0873. The van der Waals surface area contributed by atoms with E-state index in [1.807, 2.05) is 4.90 Å². The second-order valence-electron chi connectivity index (χ2n) is 6.27. The lowest BCUT2D eigenvalue weighted by molar-refractivity contribution is -0.127. The first-order chi connectivity index (χ1) is 11.2. The van der Waals surface area contributed by atoms with Gasteiger partial charge in [0.1, 0.15) is 4.83 Å². The van der Waals surface area contributed by atoms with E-state index in [0.29, 0.717) is 13.0 Å². The summed E-state index contributed by atoms with van der Waals surface area (Å²) >= 11 is 1.61. The topological polar surface area (TPSA) is 67.2 Å². The molecule has 1 unspecified atom stereocenters. The molecule has 0 aliphatic carbocycles. The van der Waals surface area contributed by atoms with Crippen molar-refractivity contribution in [2.75, 3.05) is 19.6 Å². The second-order valence-corrected chi connectivity index (χ2v) is 7.35. The molecule has 0 spiro atoms. The predicted molar refractivity (Wildman–Crippen MR) is 97.1 cm³/mol. The maximum Gasteiger partial charge on any atom is 0.262 e. The lowest BCUT2D eigenvalue weighted by atomic mass is 10.1. The Labute approximate surface area is 150 Å². The molecule has 1 saturated heterocycles. The molecule has 4 rings (SSSR count). The van der Waals surface area contributed by atoms with Crippen molar-refractivity contribution in [3.8, 4) is 0 Å². The van der Waals surface area contributed by atoms with E-state index in [9.17, 15) is 9.59 Å². The van der Waals surface area contributed by atoms with Gasteiger partial charge < -0.3 is 10.2 Å². The van der Waals surface area contributed by atoms with Gasteiger partial charge >= 0.3 is 0 Å². The van der Waals surface area contributed by atoms with Crippen molar-refractivity contribution >= 4 is 39.9 Å². The van der Waals surface area contributed by atoms with E-state index in [1.165, 1.54) is 4.88 Å². The first-order valence-corrected chi connectivity index (χ1v) is 9.00. The summed E-state index contributed by atoms with van der Waals surface area (Å²) in [6.45, 7) is 5.17. The number of amides is 1. The lowest BCUT2D eigenvalue weighted by Gasteiger charge is -2.16. The summed E-state index contributed by atoms with van der Waals surface area (Å²) in [7, 11) is 0. The van der Waals surface area contributed by atoms with Gasteiger partial charge in [-0.05, 0) is 24.9 Å². The third-order valence-corrected chi connectivity index (χ3v) is 5.88. The lowest BCUT2D eigenvalue weighted by Crippen LogP contribution is -2.30. The molecular weight excluding hydrogens is 348 g/mol. The molecule has 6 nitrogen and oxygen atoms in total. The van der Waals surface area contributed by atoms with Gasteiger partial charge in [-0.25, -0.2) is 4.98 Å². The summed E-state index contributed by atoms with van der Waals surface area (Å²) in [6.07, 6.45) is 3.85. The molecule has 2 aliphatic heterocycles. The number of halogens is 1. The van der Waals surface area contributed by atoms with Crippen molar-refractivity contribution in [1.29, 1.82) is 0 Å². The third kappa shape index (κ3) is 2.74. The van der Waals surface area contributed by atoms with Crippen molar-refractivity contribution in [2.45, 2.75) is 38.8 Å². The Kier molecular flexibility index (Phi) is 4.94. The van der Waals surface area contributed by atoms with Crippen LogP contribution in [0.3, 0.4) is 0 Å². The Morgan fingerprint density at radius 3 is 3.04 bits per heavy atom. The average molecular weight is 369 g/mol. The number of thiophene rings is 1. The van der Waals surface area contributed by atoms with E-state index < -0.39 is 0 Å². The van der Waals surface area contributed by atoms with E-state index in [2.05, 4.69) is 17.2 Å². The number of carbonyl (C=O) groups is 1. The molecule has 8 heteroatoms. The summed E-state index contributed by atoms with van der Waals surface area (Å²) < 4.78 is 1.69. The molecule has 24 heavy (non-hydrogen) atoms. The number of fused-ring (bicyclic) bond motifs is 3. The van der Waals surface area contributed by atoms with Gasteiger partial charge in [-0.15, -0.1) is 23.7 Å². The number of aromatic nitrogens is 2. The highest BCUT2D eigenvalue weighted by molar-refractivity contribution is 7.18. The van der Waals surface area contributed by atoms with Crippen LogP contribution in [0.1, 0.15) is 36.2 Å². The Hall–Kier alpha value is -1.44. The van der Waals surface area contributed by atoms with E-state index in [1.54, 1.807) is 22.2 Å². The van der Waals surface area contributed by atoms with Crippen molar-refractivity contribution in [3.05, 3.63) is 27.1 Å². The second kappa shape index (κ2) is 6.82. The maximum atomic E-state index is 13.0. The molecule has 0 bridgehead atoms. The summed E-state index contributed by atoms with van der Waals surface area (Å²) in [5, 5.41) is 4.11. The molecule has 1 N–H and O–H groups in total. The molecule has 1 atom stereocenters. The van der Waals surface area contributed by atoms with Crippen LogP contribution in [0, 0.1) is 0 Å². The van der Waals surface area contributed by atoms with E-state index in [-0.39, 0.29) is 29.9 Å². The fraction of sp³-hybridized carbons (Fsp3) is 0.562. The largest absolute Gasteiger partial charge is 0.341 e. The summed E-state index contributed by atoms with van der Waals surface area (Å²) in [5.41, 5.74) is 1.18. The molecule has 2 aromatic heterocycles. The number of carbonyl (C=O) groups excluding carboxylic acids is 1. The first kappa shape index (κ1) is 17.4. The molecule has 1 amide bonds. The molecule has 1 fully saturated rings. The quantitative estimate of drug-likeness (QED) is 0.895. The average Bonchev–Trinajstić information content (AvgIpc) is 3.09. The van der Waals surface area contributed by atoms with Crippen molar-refractivity contribution in [1.82, 2.24) is 19.8 Å². The highest BCUT2D eigenvalue weighted by atomic mass is 35.5. The summed E-state index contributed by atoms with van der Waals surface area (Å²) in [4.78, 5) is 33.5. The fourth-order valence-corrected chi connectivity index (χ4v) is 4.76. The van der Waals surface area contributed by atoms with Gasteiger partial charge in [0.25, 0.3) is 5.56 Å². The monoisotopic (exact) mass is 368 g/mol. The minimum absolute atomic E-state index is 0. The molecular formula is C16H21ClN4O2S. The van der Waals surface area contributed by atoms with E-state index in [4.69, 9.17) is 0 Å². The number of hydrogen-bond donors (Lipinski definition) is 1. The number of nitrogens with zero attached hydrogens (tertiary/aromatic N) is 3. The van der Waals surface area contributed by atoms with Crippen molar-refractivity contribution < 1.29 is 4.79 Å². The van der Waals surface area contributed by atoms with Crippen LogP contribution in [0.5, 0.6) is 0 Å².